The molecule has 0 aromatic heterocycles. The van der Waals surface area contributed by atoms with Gasteiger partial charge in [0.15, 0.2) is 0 Å². The van der Waals surface area contributed by atoms with Crippen molar-refractivity contribution in [3.8, 4) is 0 Å². The second-order valence-electron chi connectivity index (χ2n) is 1.05. The van der Waals surface area contributed by atoms with Gasteiger partial charge in [-0.1, -0.05) is 13.8 Å². The van der Waals surface area contributed by atoms with Gasteiger partial charge in [0.25, 0.3) is 0 Å². The van der Waals surface area contributed by atoms with E-state index in [1.807, 2.05) is 0 Å². The normalized spacial score (nSPS) is 6.00. The van der Waals surface area contributed by atoms with Crippen molar-refractivity contribution in [2.24, 2.45) is 0 Å². The third-order valence-electron chi connectivity index (χ3n) is 0. The van der Waals surface area contributed by atoms with Crippen LogP contribution in [0.3, 0.4) is 0 Å². The number of hydrogen-bond acceptors (Lipinski definition) is 1. The molecule has 0 atom stereocenters. The standard InChI is InChI=1S/C3H7O.FH.Mg/c1-3(2)4;;/h3H,1-2H3;1H;/q-1;;+2/p-1. The third-order valence-corrected chi connectivity index (χ3v) is 0. The molecule has 0 aliphatic heterocycles. The Hall–Kier alpha value is 0.656. The monoisotopic (exact) mass is 102 g/mol. The van der Waals surface area contributed by atoms with Gasteiger partial charge in [0.1, 0.15) is 0 Å². The summed E-state index contributed by atoms with van der Waals surface area (Å²) in [4.78, 5) is 0. The van der Waals surface area contributed by atoms with Crippen LogP contribution in [0, 0.1) is 0 Å². The van der Waals surface area contributed by atoms with Gasteiger partial charge in [0.05, 0.1) is 0 Å². The van der Waals surface area contributed by atoms with Crippen molar-refractivity contribution < 1.29 is 9.81 Å². The van der Waals surface area contributed by atoms with Gasteiger partial charge in [0, 0.05) is 0 Å². The van der Waals surface area contributed by atoms with Gasteiger partial charge >= 0.3 is 23.1 Å². The SMILES string of the molecule is CC(C)[O-].[F-].[Mg+2]. The molecule has 0 spiro atoms. The molecule has 6 heavy (non-hydrogen) atoms. The minimum absolute atomic E-state index is 0. The van der Waals surface area contributed by atoms with E-state index in [1.165, 1.54) is 0 Å². The van der Waals surface area contributed by atoms with Gasteiger partial charge in [-0.2, -0.15) is 0 Å². The van der Waals surface area contributed by atoms with E-state index in [2.05, 4.69) is 0 Å². The average molecular weight is 102 g/mol. The first-order valence-corrected chi connectivity index (χ1v) is 1.39. The van der Waals surface area contributed by atoms with E-state index < -0.39 is 6.10 Å². The molecule has 0 aromatic carbocycles. The molecule has 0 rings (SSSR count). The van der Waals surface area contributed by atoms with Crippen LogP contribution in [0.4, 0.5) is 0 Å². The molecule has 0 aromatic rings. The topological polar surface area (TPSA) is 23.1 Å². The van der Waals surface area contributed by atoms with Gasteiger partial charge in [-0.25, -0.2) is 0 Å². The van der Waals surface area contributed by atoms with Crippen LogP contribution in [-0.4, -0.2) is 29.2 Å². The van der Waals surface area contributed by atoms with Crippen LogP contribution < -0.4 is 9.81 Å². The summed E-state index contributed by atoms with van der Waals surface area (Å²) in [6.07, 6.45) is -0.417. The number of hydrogen-bond donors (Lipinski definition) is 0. The first kappa shape index (κ1) is 15.9. The largest absolute Gasteiger partial charge is 2.00 e. The van der Waals surface area contributed by atoms with Gasteiger partial charge < -0.3 is 9.81 Å². The van der Waals surface area contributed by atoms with Crippen molar-refractivity contribution in [1.29, 1.82) is 0 Å². The molecule has 0 radical (unpaired) electrons. The van der Waals surface area contributed by atoms with Crippen LogP contribution >= 0.6 is 0 Å². The minimum atomic E-state index is -0.417. The molecule has 0 bridgehead atoms. The van der Waals surface area contributed by atoms with Crippen molar-refractivity contribution in [3.05, 3.63) is 0 Å². The van der Waals surface area contributed by atoms with Gasteiger partial charge in [-0.15, -0.1) is 6.10 Å². The van der Waals surface area contributed by atoms with E-state index in [9.17, 15) is 5.11 Å². The van der Waals surface area contributed by atoms with Crippen molar-refractivity contribution in [3.63, 3.8) is 0 Å². The smallest absolute Gasteiger partial charge is 1.00 e. The van der Waals surface area contributed by atoms with E-state index in [-0.39, 0.29) is 27.8 Å². The molecule has 1 nitrogen and oxygen atoms in total. The second-order valence-corrected chi connectivity index (χ2v) is 1.05. The number of halogens is 1. The first-order valence-electron chi connectivity index (χ1n) is 1.39. The Kier molecular flexibility index (Phi) is 24.4. The van der Waals surface area contributed by atoms with Gasteiger partial charge in [-0.05, 0) is 0 Å². The van der Waals surface area contributed by atoms with Crippen LogP contribution in [0.2, 0.25) is 0 Å². The summed E-state index contributed by atoms with van der Waals surface area (Å²) in [6.45, 7) is 3.22. The fraction of sp³-hybridized carbons (Fsp3) is 1.00. The molecule has 0 unspecified atom stereocenters. The molecule has 0 fully saturated rings. The summed E-state index contributed by atoms with van der Waals surface area (Å²) in [5.74, 6) is 0. The summed E-state index contributed by atoms with van der Waals surface area (Å²) in [5.41, 5.74) is 0. The van der Waals surface area contributed by atoms with Gasteiger partial charge in [-0.3, -0.25) is 0 Å². The predicted octanol–water partition coefficient (Wildman–Crippen LogP) is -3.62. The average Bonchev–Trinajstić information content (AvgIpc) is 0.811. The third kappa shape index (κ3) is 145. The van der Waals surface area contributed by atoms with Crippen molar-refractivity contribution in [1.82, 2.24) is 0 Å². The summed E-state index contributed by atoms with van der Waals surface area (Å²) in [7, 11) is 0. The summed E-state index contributed by atoms with van der Waals surface area (Å²) >= 11 is 0. The van der Waals surface area contributed by atoms with E-state index >= 15 is 0 Å². The van der Waals surface area contributed by atoms with Crippen LogP contribution in [0.25, 0.3) is 0 Å². The zero-order valence-electron chi connectivity index (χ0n) is 4.07. The minimum Gasteiger partial charge on any atom is -1.00 e. The molecule has 0 saturated heterocycles. The summed E-state index contributed by atoms with van der Waals surface area (Å²) < 4.78 is 0. The first-order chi connectivity index (χ1) is 1.73. The quantitative estimate of drug-likeness (QED) is 0.290. The van der Waals surface area contributed by atoms with E-state index in [0.717, 1.165) is 0 Å². The zero-order valence-corrected chi connectivity index (χ0v) is 5.48. The van der Waals surface area contributed by atoms with Crippen molar-refractivity contribution in [2.75, 3.05) is 0 Å². The summed E-state index contributed by atoms with van der Waals surface area (Å²) in [6, 6.07) is 0. The summed E-state index contributed by atoms with van der Waals surface area (Å²) in [5, 5.41) is 9.53. The molecule has 0 N–H and O–H groups in total. The molecule has 34 valence electrons. The molecule has 0 aliphatic rings. The Labute approximate surface area is 53.3 Å². The van der Waals surface area contributed by atoms with Crippen LogP contribution in [-0.2, 0) is 0 Å². The fourth-order valence-corrected chi connectivity index (χ4v) is 0. The molecule has 0 aliphatic carbocycles. The van der Waals surface area contributed by atoms with E-state index in [4.69, 9.17) is 0 Å². The molecule has 3 heteroatoms. The maximum absolute atomic E-state index is 9.53. The van der Waals surface area contributed by atoms with Gasteiger partial charge in [0.2, 0.25) is 0 Å². The Morgan fingerprint density at radius 1 is 1.33 bits per heavy atom. The Morgan fingerprint density at radius 3 is 1.33 bits per heavy atom. The van der Waals surface area contributed by atoms with Crippen LogP contribution in [0.15, 0.2) is 0 Å². The maximum Gasteiger partial charge on any atom is 2.00 e. The molecule has 0 saturated carbocycles. The predicted molar refractivity (Wildman–Crippen MR) is 20.9 cm³/mol. The van der Waals surface area contributed by atoms with E-state index in [1.54, 1.807) is 13.8 Å². The Morgan fingerprint density at radius 2 is 1.33 bits per heavy atom. The van der Waals surface area contributed by atoms with Crippen LogP contribution in [0.5, 0.6) is 0 Å². The Bertz CT molecular complexity index is 15.5. The second kappa shape index (κ2) is 9.17. The van der Waals surface area contributed by atoms with E-state index in [0.29, 0.717) is 0 Å². The zero-order chi connectivity index (χ0) is 3.58. The Balaban J connectivity index is -0.0000000450. The van der Waals surface area contributed by atoms with Crippen molar-refractivity contribution >= 4 is 23.1 Å². The maximum atomic E-state index is 9.53. The molecule has 0 heterocycles. The molecule has 0 amide bonds. The van der Waals surface area contributed by atoms with Crippen LogP contribution in [0.1, 0.15) is 13.8 Å². The van der Waals surface area contributed by atoms with Crippen molar-refractivity contribution in [2.45, 2.75) is 20.0 Å². The number of rotatable bonds is 0. The molecular weight excluding hydrogens is 95.3 g/mol. The fourth-order valence-electron chi connectivity index (χ4n) is 0. The molecular formula is C3H7FMgO.